The number of aliphatic hydroxyl groups excluding tert-OH is 2. The van der Waals surface area contributed by atoms with Crippen LogP contribution in [0.5, 0.6) is 0 Å². The number of phosphoric acid groups is 2. The lowest BCUT2D eigenvalue weighted by atomic mass is 10.0. The Bertz CT molecular complexity index is 1830. The molecule has 0 aliphatic rings. The van der Waals surface area contributed by atoms with E-state index in [1.54, 1.807) is 0 Å². The summed E-state index contributed by atoms with van der Waals surface area (Å²) in [4.78, 5) is 58.2. The van der Waals surface area contributed by atoms with E-state index in [1.165, 1.54) is 186 Å². The summed E-state index contributed by atoms with van der Waals surface area (Å²) >= 11 is 0. The smallest absolute Gasteiger partial charge is 0.463 e. The molecule has 0 aromatic carbocycles. The van der Waals surface area contributed by atoms with Gasteiger partial charge in [0.2, 0.25) is 0 Å². The standard InChI is InChI=1S/C71H132O16P2/c1-4-7-10-13-16-19-22-23-24-25-26-27-28-29-30-31-32-33-34-35-36-37-38-39-40-41-44-46-48-51-54-57-69(74)81-60-66(72)61-83-88(77,78)84-62-67(73)63-85-89(79,80)86-65-68(87-71(76)59-56-53-50-47-43-21-18-15-12-9-6-3)64-82-70(75)58-55-52-49-45-42-20-17-14-11-8-5-2/h16,19,23-24,26-27,29-30,66-68,72-73H,4-15,17-18,20-22,25,28,31-65H2,1-3H3,(H,77,78)(H,79,80)/b19-16-,24-23-,27-26-,30-29-. The number of carbonyl (C=O) groups excluding carboxylic acids is 3. The molecule has 0 fully saturated rings. The summed E-state index contributed by atoms with van der Waals surface area (Å²) in [7, 11) is -9.74. The largest absolute Gasteiger partial charge is 0.472 e. The van der Waals surface area contributed by atoms with Gasteiger partial charge in [0, 0.05) is 19.3 Å². The van der Waals surface area contributed by atoms with E-state index in [4.69, 9.17) is 32.3 Å². The summed E-state index contributed by atoms with van der Waals surface area (Å²) in [6.45, 7) is 2.66. The van der Waals surface area contributed by atoms with Crippen molar-refractivity contribution in [3.05, 3.63) is 48.6 Å². The fourth-order valence-corrected chi connectivity index (χ4v) is 11.6. The summed E-state index contributed by atoms with van der Waals surface area (Å²) in [5.41, 5.74) is 0. The molecular formula is C71H132O16P2. The molecule has 0 rings (SSSR count). The Labute approximate surface area is 542 Å². The number of hydrogen-bond donors (Lipinski definition) is 4. The van der Waals surface area contributed by atoms with Gasteiger partial charge in [0.1, 0.15) is 25.4 Å². The second-order valence-corrected chi connectivity index (χ2v) is 27.3. The maximum Gasteiger partial charge on any atom is 0.472 e. The molecule has 0 saturated heterocycles. The van der Waals surface area contributed by atoms with Gasteiger partial charge in [-0.1, -0.05) is 294 Å². The summed E-state index contributed by atoms with van der Waals surface area (Å²) in [5.74, 6) is -1.55. The van der Waals surface area contributed by atoms with Crippen molar-refractivity contribution in [1.82, 2.24) is 0 Å². The molecule has 0 aliphatic heterocycles. The molecule has 0 aromatic rings. The lowest BCUT2D eigenvalue weighted by Crippen LogP contribution is -2.30. The quantitative estimate of drug-likeness (QED) is 0.0146. The van der Waals surface area contributed by atoms with Gasteiger partial charge in [0.15, 0.2) is 6.10 Å². The highest BCUT2D eigenvalue weighted by Crippen LogP contribution is 2.45. The molecule has 89 heavy (non-hydrogen) atoms. The number of hydrogen-bond acceptors (Lipinski definition) is 14. The number of ether oxygens (including phenoxy) is 3. The van der Waals surface area contributed by atoms with E-state index >= 15 is 0 Å². The van der Waals surface area contributed by atoms with Gasteiger partial charge in [-0.05, 0) is 64.2 Å². The van der Waals surface area contributed by atoms with Gasteiger partial charge in [0.25, 0.3) is 0 Å². The van der Waals surface area contributed by atoms with Crippen LogP contribution in [-0.4, -0.2) is 95.9 Å². The zero-order chi connectivity index (χ0) is 65.3. The third-order valence-electron chi connectivity index (χ3n) is 15.6. The van der Waals surface area contributed by atoms with E-state index in [2.05, 4.69) is 69.4 Å². The number of esters is 3. The Morgan fingerprint density at radius 1 is 0.315 bits per heavy atom. The van der Waals surface area contributed by atoms with Crippen molar-refractivity contribution in [3.8, 4) is 0 Å². The van der Waals surface area contributed by atoms with Gasteiger partial charge < -0.3 is 34.2 Å². The molecule has 0 spiro atoms. The van der Waals surface area contributed by atoms with E-state index in [0.717, 1.165) is 83.5 Å². The van der Waals surface area contributed by atoms with Crippen LogP contribution in [0.1, 0.15) is 329 Å². The van der Waals surface area contributed by atoms with E-state index in [9.17, 15) is 43.5 Å². The van der Waals surface area contributed by atoms with Crippen LogP contribution in [0.25, 0.3) is 0 Å². The Morgan fingerprint density at radius 2 is 0.562 bits per heavy atom. The third kappa shape index (κ3) is 66.8. The third-order valence-corrected chi connectivity index (χ3v) is 17.5. The van der Waals surface area contributed by atoms with Gasteiger partial charge >= 0.3 is 33.6 Å². The first-order valence-corrected chi connectivity index (χ1v) is 38.9. The lowest BCUT2D eigenvalue weighted by Gasteiger charge is -2.21. The Balaban J connectivity index is 4.28. The monoisotopic (exact) mass is 1300 g/mol. The molecule has 0 heterocycles. The number of aliphatic hydroxyl groups is 2. The van der Waals surface area contributed by atoms with Gasteiger partial charge in [-0.25, -0.2) is 9.13 Å². The normalized spacial score (nSPS) is 14.5. The molecule has 0 saturated carbocycles. The van der Waals surface area contributed by atoms with Crippen molar-refractivity contribution in [2.24, 2.45) is 0 Å². The first-order valence-electron chi connectivity index (χ1n) is 35.9. The van der Waals surface area contributed by atoms with Crippen LogP contribution in [0.3, 0.4) is 0 Å². The molecular weight excluding hydrogens is 1170 g/mol. The topological polar surface area (TPSA) is 231 Å². The summed E-state index contributed by atoms with van der Waals surface area (Å²) < 4.78 is 60.8. The zero-order valence-corrected chi connectivity index (χ0v) is 58.4. The minimum atomic E-state index is -4.90. The molecule has 0 amide bonds. The Morgan fingerprint density at radius 3 is 0.910 bits per heavy atom. The van der Waals surface area contributed by atoms with Gasteiger partial charge in [-0.3, -0.25) is 32.5 Å². The van der Waals surface area contributed by atoms with Gasteiger partial charge in [-0.15, -0.1) is 0 Å². The Hall–Kier alpha value is -2.49. The average Bonchev–Trinajstić information content (AvgIpc) is 3.66. The molecule has 0 bridgehead atoms. The second kappa shape index (κ2) is 65.6. The van der Waals surface area contributed by atoms with Crippen molar-refractivity contribution in [3.63, 3.8) is 0 Å². The first kappa shape index (κ1) is 86.5. The molecule has 16 nitrogen and oxygen atoms in total. The number of unbranched alkanes of at least 4 members (excludes halogenated alkanes) is 38. The van der Waals surface area contributed by atoms with Gasteiger partial charge in [-0.2, -0.15) is 0 Å². The molecule has 0 aliphatic carbocycles. The van der Waals surface area contributed by atoms with Crippen LogP contribution in [0.15, 0.2) is 48.6 Å². The van der Waals surface area contributed by atoms with Crippen LogP contribution in [0, 0.1) is 0 Å². The van der Waals surface area contributed by atoms with Crippen molar-refractivity contribution in [2.45, 2.75) is 347 Å². The summed E-state index contributed by atoms with van der Waals surface area (Å²) in [6.07, 6.45) is 66.3. The molecule has 18 heteroatoms. The predicted molar refractivity (Wildman–Crippen MR) is 362 cm³/mol. The van der Waals surface area contributed by atoms with Crippen LogP contribution >= 0.6 is 15.6 Å². The van der Waals surface area contributed by atoms with E-state index in [-0.39, 0.29) is 19.3 Å². The van der Waals surface area contributed by atoms with Crippen LogP contribution in [0.4, 0.5) is 0 Å². The lowest BCUT2D eigenvalue weighted by molar-refractivity contribution is -0.161. The van der Waals surface area contributed by atoms with Crippen molar-refractivity contribution >= 4 is 33.6 Å². The van der Waals surface area contributed by atoms with Crippen LogP contribution in [-0.2, 0) is 55.8 Å². The van der Waals surface area contributed by atoms with Crippen molar-refractivity contribution < 1.29 is 75.8 Å². The zero-order valence-electron chi connectivity index (χ0n) is 56.6. The molecule has 0 aromatic heterocycles. The van der Waals surface area contributed by atoms with Crippen LogP contribution < -0.4 is 0 Å². The van der Waals surface area contributed by atoms with Crippen LogP contribution in [0.2, 0.25) is 0 Å². The molecule has 5 unspecified atom stereocenters. The molecule has 5 atom stereocenters. The molecule has 522 valence electrons. The highest BCUT2D eigenvalue weighted by atomic mass is 31.2. The number of allylic oxidation sites excluding steroid dienone is 8. The highest BCUT2D eigenvalue weighted by molar-refractivity contribution is 7.47. The number of rotatable bonds is 69. The predicted octanol–water partition coefficient (Wildman–Crippen LogP) is 20.0. The van der Waals surface area contributed by atoms with E-state index in [0.29, 0.717) is 19.3 Å². The average molecular weight is 1300 g/mol. The maximum absolute atomic E-state index is 12.8. The maximum atomic E-state index is 12.8. The number of phosphoric ester groups is 2. The summed E-state index contributed by atoms with van der Waals surface area (Å²) in [5, 5.41) is 20.5. The highest BCUT2D eigenvalue weighted by Gasteiger charge is 2.29. The van der Waals surface area contributed by atoms with Crippen molar-refractivity contribution in [2.75, 3.05) is 39.6 Å². The fraction of sp³-hybridized carbons (Fsp3) is 0.845. The van der Waals surface area contributed by atoms with Crippen molar-refractivity contribution in [1.29, 1.82) is 0 Å². The van der Waals surface area contributed by atoms with E-state index < -0.39 is 91.5 Å². The minimum Gasteiger partial charge on any atom is -0.463 e. The summed E-state index contributed by atoms with van der Waals surface area (Å²) in [6, 6.07) is 0. The minimum absolute atomic E-state index is 0.113. The number of carbonyl (C=O) groups is 3. The van der Waals surface area contributed by atoms with Gasteiger partial charge in [0.05, 0.1) is 26.4 Å². The second-order valence-electron chi connectivity index (χ2n) is 24.4. The first-order chi connectivity index (χ1) is 43.2. The molecule has 4 N–H and O–H groups in total. The SMILES string of the molecule is CCCCC/C=C\C/C=C\C/C=C\C/C=C\CCCCCCCCCCCCCCCCCC(=O)OCC(O)COP(=O)(O)OCC(O)COP(=O)(O)OCC(COC(=O)CCCCCCCCCCCCC)OC(=O)CCCCCCCCCCCCC. The molecule has 0 radical (unpaired) electrons. The fourth-order valence-electron chi connectivity index (χ4n) is 10.0. The van der Waals surface area contributed by atoms with E-state index in [1.807, 2.05) is 0 Å². The Kier molecular flexibility index (Phi) is 63.7.